The van der Waals surface area contributed by atoms with Crippen molar-refractivity contribution in [3.05, 3.63) is 30.0 Å². The fourth-order valence-electron chi connectivity index (χ4n) is 2.44. The molecule has 1 aromatic carbocycles. The summed E-state index contributed by atoms with van der Waals surface area (Å²) in [6.07, 6.45) is 3.77. The summed E-state index contributed by atoms with van der Waals surface area (Å²) in [6.45, 7) is 0. The van der Waals surface area contributed by atoms with Crippen LogP contribution in [-0.2, 0) is 7.05 Å². The Kier molecular flexibility index (Phi) is 2.61. The molecule has 2 aromatic rings. The molecule has 0 aliphatic heterocycles. The predicted octanol–water partition coefficient (Wildman–Crippen LogP) is 1.88. The van der Waals surface area contributed by atoms with Crippen molar-refractivity contribution in [2.45, 2.75) is 25.3 Å². The fourth-order valence-corrected chi connectivity index (χ4v) is 2.44. The molecule has 0 spiro atoms. The number of aryl methyl sites for hydroxylation is 1. The third-order valence-corrected chi connectivity index (χ3v) is 3.58. The number of hydrazine groups is 1. The SMILES string of the molecule is Cn1nc(C(CC2CC2)NN)c2ccccc21. The van der Waals surface area contributed by atoms with E-state index in [0.29, 0.717) is 0 Å². The minimum Gasteiger partial charge on any atom is -0.271 e. The summed E-state index contributed by atoms with van der Waals surface area (Å²) in [5.74, 6) is 6.51. The smallest absolute Gasteiger partial charge is 0.0886 e. The first-order chi connectivity index (χ1) is 8.29. The molecule has 17 heavy (non-hydrogen) atoms. The quantitative estimate of drug-likeness (QED) is 0.623. The number of fused-ring (bicyclic) bond motifs is 1. The Bertz CT molecular complexity index is 527. The summed E-state index contributed by atoms with van der Waals surface area (Å²) in [5.41, 5.74) is 5.17. The van der Waals surface area contributed by atoms with Crippen LogP contribution >= 0.6 is 0 Å². The van der Waals surface area contributed by atoms with Crippen LogP contribution in [0.3, 0.4) is 0 Å². The molecular weight excluding hydrogens is 212 g/mol. The number of nitrogens with two attached hydrogens (primary N) is 1. The van der Waals surface area contributed by atoms with Crippen LogP contribution in [0.25, 0.3) is 10.9 Å². The van der Waals surface area contributed by atoms with Crippen LogP contribution in [0.1, 0.15) is 31.0 Å². The zero-order chi connectivity index (χ0) is 11.8. The lowest BCUT2D eigenvalue weighted by Crippen LogP contribution is -2.29. The molecule has 1 unspecified atom stereocenters. The molecule has 1 fully saturated rings. The Morgan fingerprint density at radius 3 is 2.94 bits per heavy atom. The lowest BCUT2D eigenvalue weighted by atomic mass is 10.0. The maximum Gasteiger partial charge on any atom is 0.0886 e. The van der Waals surface area contributed by atoms with Gasteiger partial charge in [-0.1, -0.05) is 31.0 Å². The van der Waals surface area contributed by atoms with Crippen LogP contribution < -0.4 is 11.3 Å². The number of para-hydroxylation sites is 1. The van der Waals surface area contributed by atoms with Gasteiger partial charge in [-0.05, 0) is 18.4 Å². The number of aromatic nitrogens is 2. The Hall–Kier alpha value is -1.39. The molecule has 1 aliphatic carbocycles. The molecule has 1 saturated carbocycles. The lowest BCUT2D eigenvalue weighted by molar-refractivity contribution is 0.474. The van der Waals surface area contributed by atoms with E-state index < -0.39 is 0 Å². The Morgan fingerprint density at radius 1 is 1.47 bits per heavy atom. The van der Waals surface area contributed by atoms with Gasteiger partial charge in [0.15, 0.2) is 0 Å². The average molecular weight is 230 g/mol. The van der Waals surface area contributed by atoms with Crippen molar-refractivity contribution in [1.29, 1.82) is 0 Å². The van der Waals surface area contributed by atoms with Gasteiger partial charge >= 0.3 is 0 Å². The van der Waals surface area contributed by atoms with Gasteiger partial charge in [0.25, 0.3) is 0 Å². The van der Waals surface area contributed by atoms with E-state index in [1.165, 1.54) is 23.7 Å². The lowest BCUT2D eigenvalue weighted by Gasteiger charge is -2.13. The van der Waals surface area contributed by atoms with Crippen molar-refractivity contribution < 1.29 is 0 Å². The molecule has 1 aromatic heterocycles. The molecule has 90 valence electrons. The van der Waals surface area contributed by atoms with Gasteiger partial charge in [0, 0.05) is 12.4 Å². The number of benzene rings is 1. The Balaban J connectivity index is 2.02. The van der Waals surface area contributed by atoms with Gasteiger partial charge in [-0.15, -0.1) is 0 Å². The number of nitrogens with zero attached hydrogens (tertiary/aromatic N) is 2. The molecule has 0 amide bonds. The van der Waals surface area contributed by atoms with E-state index >= 15 is 0 Å². The number of hydrogen-bond donors (Lipinski definition) is 2. The molecule has 4 heteroatoms. The molecule has 4 nitrogen and oxygen atoms in total. The first kappa shape index (κ1) is 10.7. The van der Waals surface area contributed by atoms with E-state index in [1.54, 1.807) is 0 Å². The summed E-state index contributed by atoms with van der Waals surface area (Å²) in [4.78, 5) is 0. The van der Waals surface area contributed by atoms with Crippen molar-refractivity contribution in [1.82, 2.24) is 15.2 Å². The first-order valence-corrected chi connectivity index (χ1v) is 6.17. The molecule has 1 atom stereocenters. The molecule has 3 rings (SSSR count). The van der Waals surface area contributed by atoms with Gasteiger partial charge in [0.1, 0.15) is 0 Å². The first-order valence-electron chi connectivity index (χ1n) is 6.17. The highest BCUT2D eigenvalue weighted by molar-refractivity contribution is 5.82. The Morgan fingerprint density at radius 2 is 2.24 bits per heavy atom. The van der Waals surface area contributed by atoms with Crippen molar-refractivity contribution >= 4 is 10.9 Å². The van der Waals surface area contributed by atoms with Crippen LogP contribution in [0.5, 0.6) is 0 Å². The molecule has 0 saturated heterocycles. The van der Waals surface area contributed by atoms with Crippen LogP contribution in [-0.4, -0.2) is 9.78 Å². The molecule has 0 bridgehead atoms. The summed E-state index contributed by atoms with van der Waals surface area (Å²) in [7, 11) is 1.98. The normalized spacial score (nSPS) is 17.5. The topological polar surface area (TPSA) is 55.9 Å². The largest absolute Gasteiger partial charge is 0.271 e. The second-order valence-corrected chi connectivity index (χ2v) is 4.92. The highest BCUT2D eigenvalue weighted by atomic mass is 15.3. The third kappa shape index (κ3) is 1.94. The molecular formula is C13H18N4. The summed E-state index contributed by atoms with van der Waals surface area (Å²) in [6, 6.07) is 8.48. The summed E-state index contributed by atoms with van der Waals surface area (Å²) in [5, 5.41) is 5.82. The van der Waals surface area contributed by atoms with E-state index in [-0.39, 0.29) is 6.04 Å². The minimum atomic E-state index is 0.175. The average Bonchev–Trinajstić information content (AvgIpc) is 3.12. The van der Waals surface area contributed by atoms with Crippen LogP contribution in [0.15, 0.2) is 24.3 Å². The fraction of sp³-hybridized carbons (Fsp3) is 0.462. The highest BCUT2D eigenvalue weighted by Crippen LogP contribution is 2.38. The predicted molar refractivity (Wildman–Crippen MR) is 68.1 cm³/mol. The number of rotatable bonds is 4. The Labute approximate surface area is 101 Å². The van der Waals surface area contributed by atoms with E-state index in [0.717, 1.165) is 18.0 Å². The molecule has 0 radical (unpaired) electrons. The zero-order valence-corrected chi connectivity index (χ0v) is 10.1. The van der Waals surface area contributed by atoms with Gasteiger partial charge in [0.2, 0.25) is 0 Å². The number of hydrogen-bond acceptors (Lipinski definition) is 3. The van der Waals surface area contributed by atoms with E-state index in [9.17, 15) is 0 Å². The van der Waals surface area contributed by atoms with Gasteiger partial charge in [-0.3, -0.25) is 16.0 Å². The highest BCUT2D eigenvalue weighted by Gasteiger charge is 2.28. The van der Waals surface area contributed by atoms with E-state index in [4.69, 9.17) is 5.84 Å². The molecule has 3 N–H and O–H groups in total. The van der Waals surface area contributed by atoms with Crippen LogP contribution in [0, 0.1) is 5.92 Å². The van der Waals surface area contributed by atoms with Gasteiger partial charge in [-0.2, -0.15) is 5.10 Å². The van der Waals surface area contributed by atoms with Crippen molar-refractivity contribution in [2.75, 3.05) is 0 Å². The monoisotopic (exact) mass is 230 g/mol. The summed E-state index contributed by atoms with van der Waals surface area (Å²) >= 11 is 0. The second kappa shape index (κ2) is 4.13. The number of nitrogens with one attached hydrogen (secondary N) is 1. The van der Waals surface area contributed by atoms with Gasteiger partial charge in [0.05, 0.1) is 17.3 Å². The van der Waals surface area contributed by atoms with Gasteiger partial charge < -0.3 is 0 Å². The second-order valence-electron chi connectivity index (χ2n) is 4.92. The van der Waals surface area contributed by atoms with Crippen molar-refractivity contribution in [2.24, 2.45) is 18.8 Å². The maximum absolute atomic E-state index is 5.68. The van der Waals surface area contributed by atoms with Crippen molar-refractivity contribution in [3.8, 4) is 0 Å². The van der Waals surface area contributed by atoms with E-state index in [2.05, 4.69) is 28.7 Å². The molecule has 1 aliphatic rings. The minimum absolute atomic E-state index is 0.175. The zero-order valence-electron chi connectivity index (χ0n) is 10.1. The maximum atomic E-state index is 5.68. The standard InChI is InChI=1S/C13H18N4/c1-17-12-5-3-2-4-10(12)13(16-17)11(15-14)8-9-6-7-9/h2-5,9,11,15H,6-8,14H2,1H3. The van der Waals surface area contributed by atoms with E-state index in [1.807, 2.05) is 17.8 Å². The van der Waals surface area contributed by atoms with Crippen LogP contribution in [0.4, 0.5) is 0 Å². The molecule has 1 heterocycles. The van der Waals surface area contributed by atoms with Crippen LogP contribution in [0.2, 0.25) is 0 Å². The summed E-state index contributed by atoms with van der Waals surface area (Å²) < 4.78 is 1.93. The third-order valence-electron chi connectivity index (χ3n) is 3.58. The van der Waals surface area contributed by atoms with Gasteiger partial charge in [-0.25, -0.2) is 0 Å². The van der Waals surface area contributed by atoms with Crippen molar-refractivity contribution in [3.63, 3.8) is 0 Å².